The van der Waals surface area contributed by atoms with Crippen LogP contribution in [0.5, 0.6) is 0 Å². The summed E-state index contributed by atoms with van der Waals surface area (Å²) in [5.41, 5.74) is 0. The molecule has 2 aliphatic heterocycles. The fourth-order valence-corrected chi connectivity index (χ4v) is 2.96. The molecule has 2 heterocycles. The molecular formula is C13H27N3O. The van der Waals surface area contributed by atoms with Crippen molar-refractivity contribution in [2.75, 3.05) is 66.1 Å². The number of likely N-dealkylation sites (tertiary alicyclic amines) is 1. The zero-order chi connectivity index (χ0) is 11.9. The molecule has 2 rings (SSSR count). The third-order valence-electron chi connectivity index (χ3n) is 3.92. The minimum Gasteiger partial charge on any atom is -0.385 e. The van der Waals surface area contributed by atoms with Crippen molar-refractivity contribution in [3.63, 3.8) is 0 Å². The molecule has 100 valence electrons. The molecule has 0 radical (unpaired) electrons. The molecule has 1 unspecified atom stereocenters. The molecule has 0 aromatic carbocycles. The van der Waals surface area contributed by atoms with E-state index in [0.717, 1.165) is 12.5 Å². The third kappa shape index (κ3) is 4.54. The van der Waals surface area contributed by atoms with E-state index in [-0.39, 0.29) is 0 Å². The van der Waals surface area contributed by atoms with E-state index in [4.69, 9.17) is 4.74 Å². The van der Waals surface area contributed by atoms with Crippen LogP contribution in [0.3, 0.4) is 0 Å². The minimum atomic E-state index is 0.899. The van der Waals surface area contributed by atoms with Crippen molar-refractivity contribution >= 4 is 0 Å². The Hall–Kier alpha value is -0.160. The summed E-state index contributed by atoms with van der Waals surface area (Å²) in [7, 11) is 1.79. The first-order valence-electron chi connectivity index (χ1n) is 7.03. The molecule has 0 amide bonds. The molecule has 0 aromatic rings. The first kappa shape index (κ1) is 13.3. The van der Waals surface area contributed by atoms with E-state index < -0.39 is 0 Å². The lowest BCUT2D eigenvalue weighted by Gasteiger charge is -2.29. The van der Waals surface area contributed by atoms with Crippen LogP contribution in [-0.2, 0) is 4.74 Å². The molecule has 0 saturated carbocycles. The highest BCUT2D eigenvalue weighted by Gasteiger charge is 2.24. The van der Waals surface area contributed by atoms with E-state index in [0.29, 0.717) is 0 Å². The van der Waals surface area contributed by atoms with E-state index >= 15 is 0 Å². The van der Waals surface area contributed by atoms with E-state index in [1.165, 1.54) is 65.2 Å². The summed E-state index contributed by atoms with van der Waals surface area (Å²) in [5.74, 6) is 0.899. The summed E-state index contributed by atoms with van der Waals surface area (Å²) >= 11 is 0. The van der Waals surface area contributed by atoms with Gasteiger partial charge in [0.1, 0.15) is 0 Å². The van der Waals surface area contributed by atoms with Crippen molar-refractivity contribution in [1.82, 2.24) is 15.1 Å². The molecule has 2 saturated heterocycles. The number of rotatable bonds is 6. The first-order chi connectivity index (χ1) is 8.38. The van der Waals surface area contributed by atoms with Crippen LogP contribution in [0.1, 0.15) is 12.8 Å². The van der Waals surface area contributed by atoms with Crippen LogP contribution in [0.25, 0.3) is 0 Å². The van der Waals surface area contributed by atoms with Crippen molar-refractivity contribution < 1.29 is 4.74 Å². The predicted molar refractivity (Wildman–Crippen MR) is 70.3 cm³/mol. The monoisotopic (exact) mass is 241 g/mol. The molecule has 4 heteroatoms. The number of hydrogen-bond donors (Lipinski definition) is 1. The number of methoxy groups -OCH3 is 1. The van der Waals surface area contributed by atoms with E-state index in [1.807, 2.05) is 0 Å². The Morgan fingerprint density at radius 1 is 1.18 bits per heavy atom. The average Bonchev–Trinajstić information content (AvgIpc) is 2.79. The minimum absolute atomic E-state index is 0.899. The zero-order valence-corrected chi connectivity index (χ0v) is 11.2. The van der Waals surface area contributed by atoms with Crippen molar-refractivity contribution in [3.8, 4) is 0 Å². The molecule has 1 atom stereocenters. The summed E-state index contributed by atoms with van der Waals surface area (Å²) in [6.07, 6.45) is 2.56. The van der Waals surface area contributed by atoms with Crippen LogP contribution in [0.2, 0.25) is 0 Å². The third-order valence-corrected chi connectivity index (χ3v) is 3.92. The molecule has 2 aliphatic rings. The maximum absolute atomic E-state index is 5.11. The van der Waals surface area contributed by atoms with Crippen molar-refractivity contribution in [3.05, 3.63) is 0 Å². The van der Waals surface area contributed by atoms with Crippen molar-refractivity contribution in [2.24, 2.45) is 5.92 Å². The second-order valence-electron chi connectivity index (χ2n) is 5.35. The standard InChI is InChI=1S/C13H27N3O/c1-17-10-2-6-15-7-3-13(11-15)12-16-8-4-14-5-9-16/h13-14H,2-12H2,1H3. The fraction of sp³-hybridized carbons (Fsp3) is 1.00. The van der Waals surface area contributed by atoms with Crippen LogP contribution in [0, 0.1) is 5.92 Å². The Morgan fingerprint density at radius 3 is 2.76 bits per heavy atom. The topological polar surface area (TPSA) is 27.7 Å². The van der Waals surface area contributed by atoms with Gasteiger partial charge in [-0.25, -0.2) is 0 Å². The maximum atomic E-state index is 5.11. The Morgan fingerprint density at radius 2 is 2.00 bits per heavy atom. The predicted octanol–water partition coefficient (Wildman–Crippen LogP) is 0.250. The van der Waals surface area contributed by atoms with E-state index in [9.17, 15) is 0 Å². The van der Waals surface area contributed by atoms with Gasteiger partial charge in [0.15, 0.2) is 0 Å². The van der Waals surface area contributed by atoms with Gasteiger partial charge in [0, 0.05) is 59.5 Å². The zero-order valence-electron chi connectivity index (χ0n) is 11.2. The van der Waals surface area contributed by atoms with Gasteiger partial charge in [0.05, 0.1) is 0 Å². The molecule has 1 N–H and O–H groups in total. The molecule has 0 aliphatic carbocycles. The Balaban J connectivity index is 1.60. The van der Waals surface area contributed by atoms with Gasteiger partial charge in [-0.1, -0.05) is 0 Å². The lowest BCUT2D eigenvalue weighted by atomic mass is 10.1. The quantitative estimate of drug-likeness (QED) is 0.675. The number of nitrogens with zero attached hydrogens (tertiary/aromatic N) is 2. The molecule has 0 aromatic heterocycles. The van der Waals surface area contributed by atoms with Crippen LogP contribution < -0.4 is 5.32 Å². The summed E-state index contributed by atoms with van der Waals surface area (Å²) in [4.78, 5) is 5.23. The number of piperazine rings is 1. The summed E-state index contributed by atoms with van der Waals surface area (Å²) < 4.78 is 5.11. The van der Waals surface area contributed by atoms with Crippen LogP contribution in [-0.4, -0.2) is 75.9 Å². The lowest BCUT2D eigenvalue weighted by Crippen LogP contribution is -2.45. The Bertz CT molecular complexity index is 207. The van der Waals surface area contributed by atoms with Crippen LogP contribution >= 0.6 is 0 Å². The van der Waals surface area contributed by atoms with Gasteiger partial charge < -0.3 is 19.9 Å². The number of hydrogen-bond acceptors (Lipinski definition) is 4. The van der Waals surface area contributed by atoms with E-state index in [1.54, 1.807) is 7.11 Å². The molecule has 17 heavy (non-hydrogen) atoms. The largest absolute Gasteiger partial charge is 0.385 e. The fourth-order valence-electron chi connectivity index (χ4n) is 2.96. The second kappa shape index (κ2) is 7.31. The average molecular weight is 241 g/mol. The highest BCUT2D eigenvalue weighted by Crippen LogP contribution is 2.17. The molecule has 0 bridgehead atoms. The van der Waals surface area contributed by atoms with Crippen molar-refractivity contribution in [1.29, 1.82) is 0 Å². The highest BCUT2D eigenvalue weighted by molar-refractivity contribution is 4.79. The van der Waals surface area contributed by atoms with Gasteiger partial charge in [-0.2, -0.15) is 0 Å². The van der Waals surface area contributed by atoms with Crippen LogP contribution in [0.4, 0.5) is 0 Å². The molecular weight excluding hydrogens is 214 g/mol. The second-order valence-corrected chi connectivity index (χ2v) is 5.35. The van der Waals surface area contributed by atoms with E-state index in [2.05, 4.69) is 15.1 Å². The lowest BCUT2D eigenvalue weighted by molar-refractivity contribution is 0.174. The van der Waals surface area contributed by atoms with Gasteiger partial charge in [-0.05, 0) is 25.3 Å². The van der Waals surface area contributed by atoms with Gasteiger partial charge in [-0.15, -0.1) is 0 Å². The molecule has 4 nitrogen and oxygen atoms in total. The number of ether oxygens (including phenoxy) is 1. The summed E-state index contributed by atoms with van der Waals surface area (Å²) in [6, 6.07) is 0. The van der Waals surface area contributed by atoms with Crippen molar-refractivity contribution in [2.45, 2.75) is 12.8 Å². The summed E-state index contributed by atoms with van der Waals surface area (Å²) in [6.45, 7) is 10.8. The summed E-state index contributed by atoms with van der Waals surface area (Å²) in [5, 5.41) is 3.42. The van der Waals surface area contributed by atoms with Gasteiger partial charge in [0.25, 0.3) is 0 Å². The maximum Gasteiger partial charge on any atom is 0.0474 e. The van der Waals surface area contributed by atoms with Crippen LogP contribution in [0.15, 0.2) is 0 Å². The highest BCUT2D eigenvalue weighted by atomic mass is 16.5. The van der Waals surface area contributed by atoms with Gasteiger partial charge >= 0.3 is 0 Å². The smallest absolute Gasteiger partial charge is 0.0474 e. The Kier molecular flexibility index (Phi) is 5.71. The molecule has 0 spiro atoms. The van der Waals surface area contributed by atoms with Gasteiger partial charge in [0.2, 0.25) is 0 Å². The molecule has 2 fully saturated rings. The number of nitrogens with one attached hydrogen (secondary N) is 1. The SMILES string of the molecule is COCCCN1CCC(CN2CCNCC2)C1. The Labute approximate surface area is 105 Å². The normalized spacial score (nSPS) is 27.7. The first-order valence-corrected chi connectivity index (χ1v) is 7.03. The van der Waals surface area contributed by atoms with Gasteiger partial charge in [-0.3, -0.25) is 0 Å².